The molecule has 0 saturated carbocycles. The predicted octanol–water partition coefficient (Wildman–Crippen LogP) is 3.30. The molecule has 0 fully saturated rings. The molecule has 1 N–H and O–H groups in total. The quantitative estimate of drug-likeness (QED) is 0.756. The zero-order valence-electron chi connectivity index (χ0n) is 15.1. The van der Waals surface area contributed by atoms with E-state index in [2.05, 4.69) is 21.4 Å². The van der Waals surface area contributed by atoms with Crippen molar-refractivity contribution < 1.29 is 9.53 Å². The second-order valence-corrected chi connectivity index (χ2v) is 6.27. The summed E-state index contributed by atoms with van der Waals surface area (Å²) in [4.78, 5) is 23.3. The van der Waals surface area contributed by atoms with Crippen LogP contribution in [-0.2, 0) is 13.0 Å². The van der Waals surface area contributed by atoms with Gasteiger partial charge in [0, 0.05) is 30.5 Å². The fraction of sp³-hybridized carbons (Fsp3) is 0.190. The summed E-state index contributed by atoms with van der Waals surface area (Å²) in [6, 6.07) is 17.4. The Hall–Kier alpha value is -3.41. The topological polar surface area (TPSA) is 67.3 Å². The van der Waals surface area contributed by atoms with Crippen molar-refractivity contribution in [3.8, 4) is 5.75 Å². The van der Waals surface area contributed by atoms with Crippen LogP contribution >= 0.6 is 0 Å². The summed E-state index contributed by atoms with van der Waals surface area (Å²) in [6.45, 7) is 1.18. The van der Waals surface area contributed by atoms with Gasteiger partial charge in [-0.1, -0.05) is 36.4 Å². The number of carbonyl (C=O) groups is 1. The molecule has 1 aliphatic rings. The molecule has 1 aliphatic heterocycles. The largest absolute Gasteiger partial charge is 0.496 e. The molecule has 1 amide bonds. The van der Waals surface area contributed by atoms with Crippen LogP contribution in [0.4, 0.5) is 11.6 Å². The number of methoxy groups -OCH3 is 1. The normalized spacial score (nSPS) is 12.6. The minimum Gasteiger partial charge on any atom is -0.496 e. The Morgan fingerprint density at radius 1 is 1.15 bits per heavy atom. The van der Waals surface area contributed by atoms with Crippen LogP contribution in [0.25, 0.3) is 0 Å². The Balaban J connectivity index is 1.50. The fourth-order valence-corrected chi connectivity index (χ4v) is 3.27. The first-order chi connectivity index (χ1) is 13.3. The maximum Gasteiger partial charge on any atom is 0.277 e. The number of para-hydroxylation sites is 2. The van der Waals surface area contributed by atoms with Crippen molar-refractivity contribution in [1.29, 1.82) is 0 Å². The lowest BCUT2D eigenvalue weighted by atomic mass is 10.2. The summed E-state index contributed by atoms with van der Waals surface area (Å²) in [5.41, 5.74) is 3.53. The van der Waals surface area contributed by atoms with E-state index in [0.717, 1.165) is 23.4 Å². The highest BCUT2D eigenvalue weighted by molar-refractivity contribution is 6.06. The average molecular weight is 360 g/mol. The van der Waals surface area contributed by atoms with Crippen molar-refractivity contribution in [3.63, 3.8) is 0 Å². The van der Waals surface area contributed by atoms with Gasteiger partial charge >= 0.3 is 0 Å². The summed E-state index contributed by atoms with van der Waals surface area (Å²) in [6.07, 6.45) is 2.47. The predicted molar refractivity (Wildman–Crippen MR) is 104 cm³/mol. The van der Waals surface area contributed by atoms with Gasteiger partial charge in [-0.15, -0.1) is 0 Å². The molecule has 2 aromatic carbocycles. The molecule has 0 aliphatic carbocycles. The SMILES string of the molecule is COc1ccccc1CNc1nccc(C(=O)N2CCc3ccccc32)n1. The van der Waals surface area contributed by atoms with Gasteiger partial charge in [-0.25, -0.2) is 9.97 Å². The smallest absolute Gasteiger partial charge is 0.277 e. The lowest BCUT2D eigenvalue weighted by molar-refractivity contribution is 0.0984. The molecule has 6 nitrogen and oxygen atoms in total. The number of hydrogen-bond acceptors (Lipinski definition) is 5. The Morgan fingerprint density at radius 2 is 1.96 bits per heavy atom. The van der Waals surface area contributed by atoms with Gasteiger partial charge in [-0.05, 0) is 30.2 Å². The average Bonchev–Trinajstić information content (AvgIpc) is 3.16. The molecule has 0 radical (unpaired) electrons. The van der Waals surface area contributed by atoms with Crippen molar-refractivity contribution >= 4 is 17.5 Å². The van der Waals surface area contributed by atoms with Gasteiger partial charge in [-0.3, -0.25) is 4.79 Å². The zero-order valence-corrected chi connectivity index (χ0v) is 15.1. The number of ether oxygens (including phenoxy) is 1. The van der Waals surface area contributed by atoms with Crippen LogP contribution in [0.1, 0.15) is 21.6 Å². The monoisotopic (exact) mass is 360 g/mol. The molecule has 2 heterocycles. The van der Waals surface area contributed by atoms with E-state index in [-0.39, 0.29) is 5.91 Å². The molecular weight excluding hydrogens is 340 g/mol. The second-order valence-electron chi connectivity index (χ2n) is 6.27. The highest BCUT2D eigenvalue weighted by Crippen LogP contribution is 2.28. The number of rotatable bonds is 5. The van der Waals surface area contributed by atoms with E-state index in [4.69, 9.17) is 4.74 Å². The zero-order chi connectivity index (χ0) is 18.6. The van der Waals surface area contributed by atoms with Gasteiger partial charge in [0.25, 0.3) is 5.91 Å². The lowest BCUT2D eigenvalue weighted by Gasteiger charge is -2.17. The molecule has 0 bridgehead atoms. The molecule has 1 aromatic heterocycles. The molecule has 0 saturated heterocycles. The van der Waals surface area contributed by atoms with Gasteiger partial charge in [0.05, 0.1) is 7.11 Å². The summed E-state index contributed by atoms with van der Waals surface area (Å²) in [7, 11) is 1.64. The first-order valence-corrected chi connectivity index (χ1v) is 8.85. The van der Waals surface area contributed by atoms with E-state index in [9.17, 15) is 4.79 Å². The van der Waals surface area contributed by atoms with Crippen LogP contribution in [0.5, 0.6) is 5.75 Å². The molecule has 0 spiro atoms. The maximum absolute atomic E-state index is 12.9. The standard InChI is InChI=1S/C21H20N4O2/c1-27-19-9-5-3-7-16(19)14-23-21-22-12-10-17(24-21)20(26)25-13-11-15-6-2-4-8-18(15)25/h2-10,12H,11,13-14H2,1H3,(H,22,23,24). The lowest BCUT2D eigenvalue weighted by Crippen LogP contribution is -2.29. The second kappa shape index (κ2) is 7.45. The summed E-state index contributed by atoms with van der Waals surface area (Å²) >= 11 is 0. The van der Waals surface area contributed by atoms with Crippen LogP contribution in [0.15, 0.2) is 60.8 Å². The third-order valence-corrected chi connectivity index (χ3v) is 4.64. The highest BCUT2D eigenvalue weighted by atomic mass is 16.5. The Kier molecular flexibility index (Phi) is 4.70. The summed E-state index contributed by atoms with van der Waals surface area (Å²) < 4.78 is 5.35. The van der Waals surface area contributed by atoms with Gasteiger partial charge < -0.3 is 15.0 Å². The van der Waals surface area contributed by atoms with E-state index in [0.29, 0.717) is 24.7 Å². The van der Waals surface area contributed by atoms with Gasteiger partial charge in [-0.2, -0.15) is 0 Å². The molecule has 27 heavy (non-hydrogen) atoms. The van der Waals surface area contributed by atoms with Crippen LogP contribution < -0.4 is 15.0 Å². The fourth-order valence-electron chi connectivity index (χ4n) is 3.27. The van der Waals surface area contributed by atoms with Gasteiger partial charge in [0.2, 0.25) is 5.95 Å². The third-order valence-electron chi connectivity index (χ3n) is 4.64. The van der Waals surface area contributed by atoms with Gasteiger partial charge in [0.15, 0.2) is 0 Å². The molecule has 4 rings (SSSR count). The van der Waals surface area contributed by atoms with Crippen LogP contribution in [0, 0.1) is 0 Å². The number of nitrogens with zero attached hydrogens (tertiary/aromatic N) is 3. The number of carbonyl (C=O) groups excluding carboxylic acids is 1. The van der Waals surface area contributed by atoms with Crippen LogP contribution in [0.3, 0.4) is 0 Å². The number of nitrogens with one attached hydrogen (secondary N) is 1. The number of aromatic nitrogens is 2. The van der Waals surface area contributed by atoms with Crippen LogP contribution in [0.2, 0.25) is 0 Å². The Bertz CT molecular complexity index is 974. The Morgan fingerprint density at radius 3 is 2.85 bits per heavy atom. The number of fused-ring (bicyclic) bond motifs is 1. The van der Waals surface area contributed by atoms with E-state index < -0.39 is 0 Å². The number of benzene rings is 2. The summed E-state index contributed by atoms with van der Waals surface area (Å²) in [5.74, 6) is 1.10. The van der Waals surface area contributed by atoms with E-state index in [1.54, 1.807) is 24.3 Å². The minimum atomic E-state index is -0.109. The van der Waals surface area contributed by atoms with Crippen molar-refractivity contribution in [2.45, 2.75) is 13.0 Å². The first kappa shape index (κ1) is 17.0. The molecule has 3 aromatic rings. The molecular formula is C21H20N4O2. The highest BCUT2D eigenvalue weighted by Gasteiger charge is 2.26. The van der Waals surface area contributed by atoms with E-state index >= 15 is 0 Å². The number of hydrogen-bond donors (Lipinski definition) is 1. The maximum atomic E-state index is 12.9. The third kappa shape index (κ3) is 3.46. The van der Waals surface area contributed by atoms with Crippen molar-refractivity contribution in [2.24, 2.45) is 0 Å². The van der Waals surface area contributed by atoms with Gasteiger partial charge in [0.1, 0.15) is 11.4 Å². The molecule has 6 heteroatoms. The minimum absolute atomic E-state index is 0.109. The molecule has 0 atom stereocenters. The van der Waals surface area contributed by atoms with E-state index in [1.807, 2.05) is 42.5 Å². The van der Waals surface area contributed by atoms with Crippen molar-refractivity contribution in [2.75, 3.05) is 23.9 Å². The van der Waals surface area contributed by atoms with Crippen LogP contribution in [-0.4, -0.2) is 29.5 Å². The Labute approximate surface area is 157 Å². The number of anilines is 2. The number of amides is 1. The van der Waals surface area contributed by atoms with Crippen molar-refractivity contribution in [3.05, 3.63) is 77.6 Å². The van der Waals surface area contributed by atoms with Crippen molar-refractivity contribution in [1.82, 2.24) is 9.97 Å². The molecule has 0 unspecified atom stereocenters. The summed E-state index contributed by atoms with van der Waals surface area (Å²) in [5, 5.41) is 3.17. The first-order valence-electron chi connectivity index (χ1n) is 8.85. The molecule has 136 valence electrons. The van der Waals surface area contributed by atoms with E-state index in [1.165, 1.54) is 5.56 Å².